The predicted octanol–water partition coefficient (Wildman–Crippen LogP) is 4.19. The van der Waals surface area contributed by atoms with Gasteiger partial charge in [0.2, 0.25) is 5.82 Å². The number of methoxy groups -OCH3 is 1. The Morgan fingerprint density at radius 2 is 1.71 bits per heavy atom. The second-order valence-corrected chi connectivity index (χ2v) is 6.54. The average molecular weight is 414 g/mol. The monoisotopic (exact) mass is 414 g/mol. The SMILES string of the molecule is COc1ccc(-c2noc(-c3nnn(-c4ccccc4F)c3-c3ccncc3)n2)cc1. The molecule has 0 radical (unpaired) electrons. The summed E-state index contributed by atoms with van der Waals surface area (Å²) in [6.45, 7) is 0. The van der Waals surface area contributed by atoms with E-state index < -0.39 is 5.82 Å². The highest BCUT2D eigenvalue weighted by molar-refractivity contribution is 5.76. The van der Waals surface area contributed by atoms with E-state index in [1.54, 1.807) is 49.8 Å². The Balaban J connectivity index is 1.63. The van der Waals surface area contributed by atoms with Crippen LogP contribution in [0.15, 0.2) is 77.6 Å². The third-order valence-corrected chi connectivity index (χ3v) is 4.68. The molecule has 0 atom stereocenters. The summed E-state index contributed by atoms with van der Waals surface area (Å²) in [6, 6.07) is 17.1. The van der Waals surface area contributed by atoms with E-state index in [2.05, 4.69) is 25.4 Å². The van der Waals surface area contributed by atoms with Crippen LogP contribution in [-0.2, 0) is 0 Å². The van der Waals surface area contributed by atoms with Crippen molar-refractivity contribution in [1.82, 2.24) is 30.1 Å². The van der Waals surface area contributed by atoms with Crippen LogP contribution in [0.5, 0.6) is 5.75 Å². The zero-order valence-electron chi connectivity index (χ0n) is 16.3. The van der Waals surface area contributed by atoms with E-state index in [4.69, 9.17) is 9.26 Å². The summed E-state index contributed by atoms with van der Waals surface area (Å²) in [6.07, 6.45) is 3.27. The molecule has 0 spiro atoms. The number of nitrogens with zero attached hydrogens (tertiary/aromatic N) is 6. The fraction of sp³-hybridized carbons (Fsp3) is 0.0455. The van der Waals surface area contributed by atoms with Crippen molar-refractivity contribution in [2.75, 3.05) is 7.11 Å². The molecule has 31 heavy (non-hydrogen) atoms. The minimum atomic E-state index is -0.432. The topological polar surface area (TPSA) is 91.8 Å². The van der Waals surface area contributed by atoms with E-state index >= 15 is 0 Å². The van der Waals surface area contributed by atoms with Gasteiger partial charge >= 0.3 is 0 Å². The maximum Gasteiger partial charge on any atom is 0.281 e. The van der Waals surface area contributed by atoms with Crippen molar-refractivity contribution < 1.29 is 13.7 Å². The molecular weight excluding hydrogens is 399 g/mol. The number of para-hydroxylation sites is 1. The second kappa shape index (κ2) is 7.79. The summed E-state index contributed by atoms with van der Waals surface area (Å²) in [7, 11) is 1.60. The van der Waals surface area contributed by atoms with Crippen LogP contribution in [0.3, 0.4) is 0 Å². The van der Waals surface area contributed by atoms with Gasteiger partial charge in [-0.1, -0.05) is 22.5 Å². The van der Waals surface area contributed by atoms with E-state index in [-0.39, 0.29) is 11.6 Å². The standard InChI is InChI=1S/C22H15FN6O2/c1-30-16-8-6-15(7-9-16)21-25-22(31-27-21)19-20(14-10-12-24-13-11-14)29(28-26-19)18-5-3-2-4-17(18)23/h2-13H,1H3. The quantitative estimate of drug-likeness (QED) is 0.426. The van der Waals surface area contributed by atoms with Gasteiger partial charge in [0.15, 0.2) is 5.69 Å². The molecule has 0 saturated carbocycles. The highest BCUT2D eigenvalue weighted by atomic mass is 19.1. The van der Waals surface area contributed by atoms with Gasteiger partial charge in [-0.3, -0.25) is 4.98 Å². The summed E-state index contributed by atoms with van der Waals surface area (Å²) >= 11 is 0. The summed E-state index contributed by atoms with van der Waals surface area (Å²) in [5.41, 5.74) is 2.58. The molecule has 9 heteroatoms. The average Bonchev–Trinajstić information content (AvgIpc) is 3.47. The summed E-state index contributed by atoms with van der Waals surface area (Å²) < 4.78 is 26.6. The number of rotatable bonds is 5. The van der Waals surface area contributed by atoms with Gasteiger partial charge < -0.3 is 9.26 Å². The highest BCUT2D eigenvalue weighted by Gasteiger charge is 2.24. The lowest BCUT2D eigenvalue weighted by atomic mass is 10.1. The van der Waals surface area contributed by atoms with Gasteiger partial charge in [0.25, 0.3) is 5.89 Å². The maximum atomic E-state index is 14.5. The van der Waals surface area contributed by atoms with Crippen LogP contribution in [0.1, 0.15) is 0 Å². The van der Waals surface area contributed by atoms with Crippen molar-refractivity contribution in [2.45, 2.75) is 0 Å². The predicted molar refractivity (Wildman–Crippen MR) is 110 cm³/mol. The number of benzene rings is 2. The molecule has 3 aromatic heterocycles. The summed E-state index contributed by atoms with van der Waals surface area (Å²) in [5.74, 6) is 0.845. The van der Waals surface area contributed by atoms with Crippen molar-refractivity contribution >= 4 is 0 Å². The fourth-order valence-electron chi connectivity index (χ4n) is 3.16. The van der Waals surface area contributed by atoms with Crippen molar-refractivity contribution in [3.8, 4) is 45.7 Å². The Hall–Kier alpha value is -4.40. The minimum Gasteiger partial charge on any atom is -0.497 e. The van der Waals surface area contributed by atoms with Crippen molar-refractivity contribution in [2.24, 2.45) is 0 Å². The van der Waals surface area contributed by atoms with Gasteiger partial charge in [0, 0.05) is 23.5 Å². The van der Waals surface area contributed by atoms with Crippen LogP contribution in [-0.4, -0.2) is 37.2 Å². The van der Waals surface area contributed by atoms with Crippen molar-refractivity contribution in [3.63, 3.8) is 0 Å². The van der Waals surface area contributed by atoms with Gasteiger partial charge in [-0.15, -0.1) is 5.10 Å². The van der Waals surface area contributed by atoms with Crippen LogP contribution < -0.4 is 4.74 Å². The molecular formula is C22H15FN6O2. The molecule has 0 aliphatic heterocycles. The second-order valence-electron chi connectivity index (χ2n) is 6.54. The fourth-order valence-corrected chi connectivity index (χ4v) is 3.16. The summed E-state index contributed by atoms with van der Waals surface area (Å²) in [5, 5.41) is 12.5. The van der Waals surface area contributed by atoms with Gasteiger partial charge in [0.1, 0.15) is 22.9 Å². The molecule has 0 N–H and O–H groups in total. The number of hydrogen-bond acceptors (Lipinski definition) is 7. The third kappa shape index (κ3) is 3.42. The van der Waals surface area contributed by atoms with Gasteiger partial charge in [-0.05, 0) is 48.5 Å². The zero-order valence-corrected chi connectivity index (χ0v) is 16.3. The minimum absolute atomic E-state index is 0.167. The molecule has 152 valence electrons. The van der Waals surface area contributed by atoms with Gasteiger partial charge in [-0.2, -0.15) is 4.98 Å². The molecule has 0 aliphatic carbocycles. The van der Waals surface area contributed by atoms with E-state index in [9.17, 15) is 4.39 Å². The first-order valence-electron chi connectivity index (χ1n) is 9.34. The highest BCUT2D eigenvalue weighted by Crippen LogP contribution is 2.32. The van der Waals surface area contributed by atoms with E-state index in [1.165, 1.54) is 10.7 Å². The Morgan fingerprint density at radius 3 is 2.45 bits per heavy atom. The number of halogens is 1. The molecule has 2 aromatic carbocycles. The molecule has 0 fully saturated rings. The van der Waals surface area contributed by atoms with Crippen molar-refractivity contribution in [1.29, 1.82) is 0 Å². The largest absolute Gasteiger partial charge is 0.497 e. The Kier molecular flexibility index (Phi) is 4.68. The number of hydrogen-bond donors (Lipinski definition) is 0. The maximum absolute atomic E-state index is 14.5. The van der Waals surface area contributed by atoms with Crippen LogP contribution >= 0.6 is 0 Å². The molecule has 0 aliphatic rings. The first kappa shape index (κ1) is 18.6. The number of pyridine rings is 1. The molecule has 0 bridgehead atoms. The van der Waals surface area contributed by atoms with Crippen LogP contribution in [0.4, 0.5) is 4.39 Å². The Bertz CT molecular complexity index is 1330. The van der Waals surface area contributed by atoms with E-state index in [0.717, 1.165) is 16.9 Å². The zero-order chi connectivity index (χ0) is 21.2. The molecule has 8 nitrogen and oxygen atoms in total. The Labute approximate surface area is 176 Å². The first-order chi connectivity index (χ1) is 15.2. The first-order valence-corrected chi connectivity index (χ1v) is 9.34. The van der Waals surface area contributed by atoms with Gasteiger partial charge in [0.05, 0.1) is 7.11 Å². The van der Waals surface area contributed by atoms with E-state index in [0.29, 0.717) is 17.2 Å². The number of ether oxygens (including phenoxy) is 1. The molecule has 5 rings (SSSR count). The van der Waals surface area contributed by atoms with Crippen LogP contribution in [0.25, 0.3) is 39.9 Å². The van der Waals surface area contributed by atoms with Crippen LogP contribution in [0.2, 0.25) is 0 Å². The molecule has 5 aromatic rings. The molecule has 3 heterocycles. The Morgan fingerprint density at radius 1 is 0.935 bits per heavy atom. The molecule has 0 saturated heterocycles. The number of aromatic nitrogens is 6. The van der Waals surface area contributed by atoms with Gasteiger partial charge in [-0.25, -0.2) is 9.07 Å². The third-order valence-electron chi connectivity index (χ3n) is 4.68. The lowest BCUT2D eigenvalue weighted by molar-refractivity contribution is 0.414. The molecule has 0 unspecified atom stereocenters. The smallest absolute Gasteiger partial charge is 0.281 e. The lowest BCUT2D eigenvalue weighted by Gasteiger charge is -2.08. The summed E-state index contributed by atoms with van der Waals surface area (Å²) in [4.78, 5) is 8.53. The molecule has 0 amide bonds. The normalized spacial score (nSPS) is 10.9. The van der Waals surface area contributed by atoms with Crippen LogP contribution in [0, 0.1) is 5.82 Å². The van der Waals surface area contributed by atoms with E-state index in [1.807, 2.05) is 24.3 Å². The van der Waals surface area contributed by atoms with Crippen molar-refractivity contribution in [3.05, 3.63) is 78.9 Å². The lowest BCUT2D eigenvalue weighted by Crippen LogP contribution is -2.02.